The second kappa shape index (κ2) is 7.12. The summed E-state index contributed by atoms with van der Waals surface area (Å²) in [6.45, 7) is 3.70. The fraction of sp³-hybridized carbons (Fsp3) is 0.375. The first-order valence-electron chi connectivity index (χ1n) is 7.81. The molecule has 7 nitrogen and oxygen atoms in total. The number of benzene rings is 1. The summed E-state index contributed by atoms with van der Waals surface area (Å²) in [5, 5.41) is 14.7. The zero-order chi connectivity index (χ0) is 17.1. The molecule has 126 valence electrons. The minimum absolute atomic E-state index is 0.0772. The van der Waals surface area contributed by atoms with E-state index in [0.29, 0.717) is 11.7 Å². The topological polar surface area (TPSA) is 84.2 Å². The molecule has 0 amide bonds. The van der Waals surface area contributed by atoms with E-state index in [1.807, 2.05) is 29.2 Å². The largest absolute Gasteiger partial charge is 0.353 e. The lowest BCUT2D eigenvalue weighted by molar-refractivity contribution is -0.383. The molecule has 1 aliphatic heterocycles. The van der Waals surface area contributed by atoms with Gasteiger partial charge in [0.2, 0.25) is 11.6 Å². The Labute approximate surface area is 148 Å². The van der Waals surface area contributed by atoms with Crippen LogP contribution in [0, 0.1) is 16.0 Å². The molecule has 1 aromatic heterocycles. The highest BCUT2D eigenvalue weighted by molar-refractivity contribution is 9.10. The molecule has 0 saturated carbocycles. The minimum atomic E-state index is -0.408. The van der Waals surface area contributed by atoms with Crippen LogP contribution in [0.2, 0.25) is 0 Å². The maximum Gasteiger partial charge on any atom is 0.353 e. The van der Waals surface area contributed by atoms with E-state index in [1.54, 1.807) is 0 Å². The van der Waals surface area contributed by atoms with Gasteiger partial charge < -0.3 is 10.2 Å². The van der Waals surface area contributed by atoms with Crippen LogP contribution < -0.4 is 10.2 Å². The summed E-state index contributed by atoms with van der Waals surface area (Å²) in [5.74, 6) is 1.09. The number of rotatable bonds is 4. The third-order valence-corrected chi connectivity index (χ3v) is 4.52. The molecule has 0 aliphatic carbocycles. The summed E-state index contributed by atoms with van der Waals surface area (Å²) >= 11 is 3.39. The lowest BCUT2D eigenvalue weighted by atomic mass is 10.0. The van der Waals surface area contributed by atoms with E-state index in [2.05, 4.69) is 38.1 Å². The number of piperidine rings is 1. The van der Waals surface area contributed by atoms with E-state index in [1.165, 1.54) is 6.33 Å². The zero-order valence-electron chi connectivity index (χ0n) is 13.3. The smallest absolute Gasteiger partial charge is 0.350 e. The molecule has 1 aliphatic rings. The first kappa shape index (κ1) is 16.6. The number of hydrogen-bond donors (Lipinski definition) is 1. The van der Waals surface area contributed by atoms with Crippen molar-refractivity contribution in [1.29, 1.82) is 0 Å². The molecule has 1 N–H and O–H groups in total. The predicted octanol–water partition coefficient (Wildman–Crippen LogP) is 4.13. The van der Waals surface area contributed by atoms with Gasteiger partial charge in [-0.25, -0.2) is 9.97 Å². The molecule has 2 aromatic rings. The van der Waals surface area contributed by atoms with Crippen molar-refractivity contribution in [2.45, 2.75) is 19.8 Å². The van der Waals surface area contributed by atoms with Crippen LogP contribution in [0.5, 0.6) is 0 Å². The van der Waals surface area contributed by atoms with Crippen LogP contribution in [0.3, 0.4) is 0 Å². The van der Waals surface area contributed by atoms with Crippen molar-refractivity contribution in [2.75, 3.05) is 23.3 Å². The van der Waals surface area contributed by atoms with Crippen LogP contribution in [0.4, 0.5) is 23.0 Å². The summed E-state index contributed by atoms with van der Waals surface area (Å²) in [4.78, 5) is 21.5. The molecule has 1 atom stereocenters. The second-order valence-electron chi connectivity index (χ2n) is 5.98. The molecule has 3 rings (SSSR count). The molecular weight excluding hydrogens is 374 g/mol. The van der Waals surface area contributed by atoms with E-state index >= 15 is 0 Å². The van der Waals surface area contributed by atoms with Crippen LogP contribution in [0.15, 0.2) is 35.1 Å². The minimum Gasteiger partial charge on any atom is -0.350 e. The maximum absolute atomic E-state index is 11.7. The lowest BCUT2D eigenvalue weighted by Gasteiger charge is -2.31. The number of nitrogens with one attached hydrogen (secondary N) is 1. The maximum atomic E-state index is 11.7. The van der Waals surface area contributed by atoms with Crippen LogP contribution in [-0.4, -0.2) is 28.0 Å². The van der Waals surface area contributed by atoms with Crippen LogP contribution in [0.1, 0.15) is 19.8 Å². The molecule has 2 heterocycles. The van der Waals surface area contributed by atoms with E-state index in [9.17, 15) is 10.1 Å². The summed E-state index contributed by atoms with van der Waals surface area (Å²) < 4.78 is 0.884. The molecule has 0 spiro atoms. The number of hydrogen-bond acceptors (Lipinski definition) is 6. The lowest BCUT2D eigenvalue weighted by Crippen LogP contribution is -2.35. The highest BCUT2D eigenvalue weighted by atomic mass is 79.9. The van der Waals surface area contributed by atoms with Gasteiger partial charge in [0.25, 0.3) is 0 Å². The number of nitro groups is 1. The van der Waals surface area contributed by atoms with Crippen molar-refractivity contribution >= 4 is 38.9 Å². The van der Waals surface area contributed by atoms with Gasteiger partial charge in [-0.3, -0.25) is 10.1 Å². The fourth-order valence-electron chi connectivity index (χ4n) is 2.95. The quantitative estimate of drug-likeness (QED) is 0.622. The molecule has 0 bridgehead atoms. The predicted molar refractivity (Wildman–Crippen MR) is 96.7 cm³/mol. The Morgan fingerprint density at radius 2 is 2.25 bits per heavy atom. The molecule has 1 fully saturated rings. The van der Waals surface area contributed by atoms with E-state index in [4.69, 9.17) is 0 Å². The fourth-order valence-corrected chi connectivity index (χ4v) is 3.34. The van der Waals surface area contributed by atoms with Gasteiger partial charge in [-0.1, -0.05) is 28.9 Å². The van der Waals surface area contributed by atoms with Gasteiger partial charge in [-0.2, -0.15) is 0 Å². The third-order valence-electron chi connectivity index (χ3n) is 4.03. The highest BCUT2D eigenvalue weighted by Crippen LogP contribution is 2.35. The third kappa shape index (κ3) is 3.64. The molecule has 24 heavy (non-hydrogen) atoms. The van der Waals surface area contributed by atoms with Crippen LogP contribution in [0.25, 0.3) is 0 Å². The highest BCUT2D eigenvalue weighted by Gasteiger charge is 2.29. The van der Waals surface area contributed by atoms with E-state index in [-0.39, 0.29) is 11.5 Å². The number of nitrogens with zero attached hydrogens (tertiary/aromatic N) is 4. The molecular formula is C16H18BrN5O2. The Morgan fingerprint density at radius 3 is 2.96 bits per heavy atom. The Bertz CT molecular complexity index is 755. The van der Waals surface area contributed by atoms with Crippen molar-refractivity contribution in [3.63, 3.8) is 0 Å². The number of aromatic nitrogens is 2. The SMILES string of the molecule is CC1CCCN(c2ncnc(Nc3cccc(Br)c3)c2[N+](=O)[O-])C1. The summed E-state index contributed by atoms with van der Waals surface area (Å²) in [6, 6.07) is 7.42. The monoisotopic (exact) mass is 391 g/mol. The number of halogens is 1. The molecule has 8 heteroatoms. The van der Waals surface area contributed by atoms with E-state index < -0.39 is 4.92 Å². The van der Waals surface area contributed by atoms with Crippen molar-refractivity contribution < 1.29 is 4.92 Å². The average Bonchev–Trinajstić information content (AvgIpc) is 2.54. The van der Waals surface area contributed by atoms with Gasteiger partial charge >= 0.3 is 5.69 Å². The van der Waals surface area contributed by atoms with Gasteiger partial charge in [-0.05, 0) is 37.0 Å². The summed E-state index contributed by atoms with van der Waals surface area (Å²) in [6.07, 6.45) is 3.52. The van der Waals surface area contributed by atoms with Gasteiger partial charge in [0.05, 0.1) is 4.92 Å². The first-order chi connectivity index (χ1) is 11.5. The zero-order valence-corrected chi connectivity index (χ0v) is 14.9. The summed E-state index contributed by atoms with van der Waals surface area (Å²) in [5.41, 5.74) is 0.649. The van der Waals surface area contributed by atoms with Gasteiger partial charge in [0, 0.05) is 23.2 Å². The Kier molecular flexibility index (Phi) is 4.94. The van der Waals surface area contributed by atoms with Crippen molar-refractivity contribution in [1.82, 2.24) is 9.97 Å². The van der Waals surface area contributed by atoms with E-state index in [0.717, 1.165) is 36.1 Å². The normalized spacial score (nSPS) is 17.6. The molecule has 1 unspecified atom stereocenters. The molecule has 1 saturated heterocycles. The molecule has 0 radical (unpaired) electrons. The number of anilines is 3. The van der Waals surface area contributed by atoms with Gasteiger partial charge in [0.15, 0.2) is 0 Å². The standard InChI is InChI=1S/C16H18BrN5O2/c1-11-4-3-7-21(9-11)16-14(22(23)24)15(18-10-19-16)20-13-6-2-5-12(17)8-13/h2,5-6,8,10-11H,3-4,7,9H2,1H3,(H,18,19,20). The Morgan fingerprint density at radius 1 is 1.42 bits per heavy atom. The van der Waals surface area contributed by atoms with Crippen molar-refractivity contribution in [2.24, 2.45) is 5.92 Å². The Hall–Kier alpha value is -2.22. The summed E-state index contributed by atoms with van der Waals surface area (Å²) in [7, 11) is 0. The Balaban J connectivity index is 1.97. The average molecular weight is 392 g/mol. The molecule has 1 aromatic carbocycles. The van der Waals surface area contributed by atoms with Gasteiger partial charge in [-0.15, -0.1) is 0 Å². The van der Waals surface area contributed by atoms with Crippen molar-refractivity contribution in [3.8, 4) is 0 Å². The van der Waals surface area contributed by atoms with Crippen LogP contribution >= 0.6 is 15.9 Å². The van der Waals surface area contributed by atoms with Crippen molar-refractivity contribution in [3.05, 3.63) is 45.2 Å². The first-order valence-corrected chi connectivity index (χ1v) is 8.61. The van der Waals surface area contributed by atoms with Gasteiger partial charge in [0.1, 0.15) is 6.33 Å². The van der Waals surface area contributed by atoms with Crippen LogP contribution in [-0.2, 0) is 0 Å². The second-order valence-corrected chi connectivity index (χ2v) is 6.90.